The van der Waals surface area contributed by atoms with E-state index in [2.05, 4.69) is 10.4 Å². The van der Waals surface area contributed by atoms with Gasteiger partial charge in [0.15, 0.2) is 5.82 Å². The molecule has 0 aromatic carbocycles. The summed E-state index contributed by atoms with van der Waals surface area (Å²) in [5.41, 5.74) is -0.526. The lowest BCUT2D eigenvalue weighted by atomic mass is 10.2. The Labute approximate surface area is 99.9 Å². The van der Waals surface area contributed by atoms with Crippen molar-refractivity contribution in [2.45, 2.75) is 45.9 Å². The van der Waals surface area contributed by atoms with E-state index >= 15 is 0 Å². The lowest BCUT2D eigenvalue weighted by Gasteiger charge is -2.21. The predicted molar refractivity (Wildman–Crippen MR) is 61.0 cm³/mol. The first-order chi connectivity index (χ1) is 7.76. The molecule has 0 saturated heterocycles. The van der Waals surface area contributed by atoms with E-state index in [-0.39, 0.29) is 6.04 Å². The Morgan fingerprint density at radius 2 is 2.29 bits per heavy atom. The van der Waals surface area contributed by atoms with Crippen LogP contribution in [0.5, 0.6) is 0 Å². The molecule has 0 aliphatic carbocycles. The second kappa shape index (κ2) is 5.16. The third kappa shape index (κ3) is 5.33. The molecule has 1 amide bonds. The molecule has 1 atom stereocenters. The number of nitrogens with one attached hydrogen (secondary N) is 1. The van der Waals surface area contributed by atoms with Crippen LogP contribution in [0.2, 0.25) is 0 Å². The van der Waals surface area contributed by atoms with Crippen molar-refractivity contribution in [1.82, 2.24) is 15.1 Å². The molecule has 0 aliphatic rings. The van der Waals surface area contributed by atoms with E-state index in [0.717, 1.165) is 6.20 Å². The summed E-state index contributed by atoms with van der Waals surface area (Å²) in [5, 5.41) is 6.44. The van der Waals surface area contributed by atoms with Gasteiger partial charge < -0.3 is 10.1 Å². The van der Waals surface area contributed by atoms with Crippen LogP contribution in [0.4, 0.5) is 9.18 Å². The molecule has 0 bridgehead atoms. The van der Waals surface area contributed by atoms with Crippen LogP contribution in [0.1, 0.15) is 27.7 Å². The van der Waals surface area contributed by atoms with Crippen molar-refractivity contribution < 1.29 is 13.9 Å². The average Bonchev–Trinajstić information content (AvgIpc) is 2.46. The zero-order chi connectivity index (χ0) is 13.1. The minimum atomic E-state index is -0.526. The van der Waals surface area contributed by atoms with Crippen LogP contribution in [0, 0.1) is 5.82 Å². The van der Waals surface area contributed by atoms with Gasteiger partial charge in [-0.15, -0.1) is 0 Å². The predicted octanol–water partition coefficient (Wildman–Crippen LogP) is 1.94. The zero-order valence-corrected chi connectivity index (χ0v) is 10.5. The number of hydrogen-bond acceptors (Lipinski definition) is 3. The first-order valence-electron chi connectivity index (χ1n) is 5.44. The molecule has 96 valence electrons. The summed E-state index contributed by atoms with van der Waals surface area (Å²) in [5.74, 6) is -0.394. The van der Waals surface area contributed by atoms with Crippen LogP contribution in [0.3, 0.4) is 0 Å². The summed E-state index contributed by atoms with van der Waals surface area (Å²) in [6.07, 6.45) is 1.91. The standard InChI is InChI=1S/C11H18FN3O2/c1-8(6-15-7-9(12)5-13-15)14-10(16)17-11(2,3)4/h5,7-8H,6H2,1-4H3,(H,14,16)/t8-/m0/s1. The van der Waals surface area contributed by atoms with Crippen LogP contribution >= 0.6 is 0 Å². The fourth-order valence-electron chi connectivity index (χ4n) is 1.27. The molecule has 1 aromatic rings. The molecule has 1 heterocycles. The zero-order valence-electron chi connectivity index (χ0n) is 10.5. The van der Waals surface area contributed by atoms with Crippen LogP contribution in [-0.2, 0) is 11.3 Å². The maximum atomic E-state index is 12.7. The summed E-state index contributed by atoms with van der Waals surface area (Å²) in [6, 6.07) is -0.191. The van der Waals surface area contributed by atoms with Crippen LogP contribution in [-0.4, -0.2) is 27.5 Å². The Morgan fingerprint density at radius 3 is 2.76 bits per heavy atom. The molecule has 0 fully saturated rings. The molecule has 1 N–H and O–H groups in total. The lowest BCUT2D eigenvalue weighted by Crippen LogP contribution is -2.39. The molecular weight excluding hydrogens is 225 g/mol. The quantitative estimate of drug-likeness (QED) is 0.882. The first kappa shape index (κ1) is 13.5. The van der Waals surface area contributed by atoms with Crippen molar-refractivity contribution in [2.24, 2.45) is 0 Å². The Morgan fingerprint density at radius 1 is 1.65 bits per heavy atom. The summed E-state index contributed by atoms with van der Waals surface area (Å²) in [4.78, 5) is 11.4. The van der Waals surface area contributed by atoms with Crippen molar-refractivity contribution in [2.75, 3.05) is 0 Å². The SMILES string of the molecule is C[C@@H](Cn1cc(F)cn1)NC(=O)OC(C)(C)C. The summed E-state index contributed by atoms with van der Waals surface area (Å²) in [7, 11) is 0. The van der Waals surface area contributed by atoms with Gasteiger partial charge in [0.25, 0.3) is 0 Å². The number of rotatable bonds is 3. The minimum absolute atomic E-state index is 0.191. The fourth-order valence-corrected chi connectivity index (χ4v) is 1.27. The van der Waals surface area contributed by atoms with Crippen LogP contribution < -0.4 is 5.32 Å². The van der Waals surface area contributed by atoms with Gasteiger partial charge in [-0.1, -0.05) is 0 Å². The summed E-state index contributed by atoms with van der Waals surface area (Å²) >= 11 is 0. The fraction of sp³-hybridized carbons (Fsp3) is 0.636. The topological polar surface area (TPSA) is 56.2 Å². The molecule has 0 spiro atoms. The van der Waals surface area contributed by atoms with Gasteiger partial charge in [0.05, 0.1) is 18.9 Å². The number of nitrogens with zero attached hydrogens (tertiary/aromatic N) is 2. The maximum Gasteiger partial charge on any atom is 0.407 e. The van der Waals surface area contributed by atoms with Gasteiger partial charge in [0.2, 0.25) is 0 Å². The molecule has 6 heteroatoms. The van der Waals surface area contributed by atoms with Gasteiger partial charge in [0, 0.05) is 6.04 Å². The van der Waals surface area contributed by atoms with Crippen molar-refractivity contribution in [3.63, 3.8) is 0 Å². The van der Waals surface area contributed by atoms with Gasteiger partial charge >= 0.3 is 6.09 Å². The highest BCUT2D eigenvalue weighted by atomic mass is 19.1. The number of ether oxygens (including phenoxy) is 1. The lowest BCUT2D eigenvalue weighted by molar-refractivity contribution is 0.0503. The number of carbonyl (C=O) groups excluding carboxylic acids is 1. The average molecular weight is 243 g/mol. The van der Waals surface area contributed by atoms with Crippen molar-refractivity contribution >= 4 is 6.09 Å². The first-order valence-corrected chi connectivity index (χ1v) is 5.44. The smallest absolute Gasteiger partial charge is 0.407 e. The Kier molecular flexibility index (Phi) is 4.09. The number of aromatic nitrogens is 2. The van der Waals surface area contributed by atoms with Crippen LogP contribution in [0.25, 0.3) is 0 Å². The molecule has 1 rings (SSSR count). The Balaban J connectivity index is 2.39. The Bertz CT molecular complexity index is 384. The molecule has 0 unspecified atom stereocenters. The molecule has 5 nitrogen and oxygen atoms in total. The maximum absolute atomic E-state index is 12.7. The van der Waals surface area contributed by atoms with Gasteiger partial charge in [-0.3, -0.25) is 4.68 Å². The molecule has 0 aliphatic heterocycles. The van der Waals surface area contributed by atoms with Gasteiger partial charge in [-0.25, -0.2) is 9.18 Å². The van der Waals surface area contributed by atoms with E-state index < -0.39 is 17.5 Å². The third-order valence-corrected chi connectivity index (χ3v) is 1.83. The van der Waals surface area contributed by atoms with E-state index in [9.17, 15) is 9.18 Å². The molecule has 17 heavy (non-hydrogen) atoms. The highest BCUT2D eigenvalue weighted by molar-refractivity contribution is 5.67. The van der Waals surface area contributed by atoms with Crippen molar-refractivity contribution in [3.8, 4) is 0 Å². The van der Waals surface area contributed by atoms with E-state index in [1.54, 1.807) is 27.7 Å². The second-order valence-electron chi connectivity index (χ2n) is 4.93. The van der Waals surface area contributed by atoms with Crippen LogP contribution in [0.15, 0.2) is 12.4 Å². The molecule has 1 aromatic heterocycles. The highest BCUT2D eigenvalue weighted by Gasteiger charge is 2.17. The summed E-state index contributed by atoms with van der Waals surface area (Å²) in [6.45, 7) is 7.56. The second-order valence-corrected chi connectivity index (χ2v) is 4.93. The summed E-state index contributed by atoms with van der Waals surface area (Å²) < 4.78 is 19.2. The van der Waals surface area contributed by atoms with Crippen molar-refractivity contribution in [1.29, 1.82) is 0 Å². The van der Waals surface area contributed by atoms with E-state index in [1.807, 2.05) is 0 Å². The molecular formula is C11H18FN3O2. The van der Waals surface area contributed by atoms with Gasteiger partial charge in [-0.05, 0) is 27.7 Å². The normalized spacial score (nSPS) is 13.2. The number of halogens is 1. The number of carbonyl (C=O) groups is 1. The number of amides is 1. The third-order valence-electron chi connectivity index (χ3n) is 1.83. The molecule has 0 radical (unpaired) electrons. The minimum Gasteiger partial charge on any atom is -0.444 e. The Hall–Kier alpha value is -1.59. The monoisotopic (exact) mass is 243 g/mol. The van der Waals surface area contributed by atoms with E-state index in [0.29, 0.717) is 6.54 Å². The number of alkyl carbamates (subject to hydrolysis) is 1. The van der Waals surface area contributed by atoms with Crippen molar-refractivity contribution in [3.05, 3.63) is 18.2 Å². The highest BCUT2D eigenvalue weighted by Crippen LogP contribution is 2.07. The number of hydrogen-bond donors (Lipinski definition) is 1. The molecule has 0 saturated carbocycles. The van der Waals surface area contributed by atoms with E-state index in [1.165, 1.54) is 10.9 Å². The van der Waals surface area contributed by atoms with Gasteiger partial charge in [0.1, 0.15) is 5.60 Å². The van der Waals surface area contributed by atoms with E-state index in [4.69, 9.17) is 4.74 Å². The largest absolute Gasteiger partial charge is 0.444 e. The van der Waals surface area contributed by atoms with Gasteiger partial charge in [-0.2, -0.15) is 5.10 Å².